The minimum Gasteiger partial charge on any atom is -0.342 e. The Morgan fingerprint density at radius 2 is 1.86 bits per heavy atom. The lowest BCUT2D eigenvalue weighted by atomic mass is 9.88. The molecule has 0 saturated carbocycles. The number of halogens is 2. The zero-order valence-corrected chi connectivity index (χ0v) is 14.3. The molecule has 2 aliphatic rings. The van der Waals surface area contributed by atoms with Gasteiger partial charge in [-0.2, -0.15) is 0 Å². The van der Waals surface area contributed by atoms with Crippen LogP contribution in [0.3, 0.4) is 0 Å². The number of benzene rings is 1. The largest absolute Gasteiger partial charge is 0.342 e. The van der Waals surface area contributed by atoms with Crippen LogP contribution in [0, 0.1) is 5.92 Å². The van der Waals surface area contributed by atoms with Crippen LogP contribution in [0.15, 0.2) is 24.3 Å². The van der Waals surface area contributed by atoms with Crippen LogP contribution in [0.25, 0.3) is 0 Å². The predicted molar refractivity (Wildman–Crippen MR) is 92.7 cm³/mol. The molecule has 1 N–H and O–H groups in total. The first-order valence-corrected chi connectivity index (χ1v) is 8.36. The molecule has 22 heavy (non-hydrogen) atoms. The third kappa shape index (κ3) is 4.37. The maximum Gasteiger partial charge on any atom is 0.226 e. The number of carbonyl (C=O) groups excluding carboxylic acids is 1. The lowest BCUT2D eigenvalue weighted by molar-refractivity contribution is -0.132. The van der Waals surface area contributed by atoms with Gasteiger partial charge >= 0.3 is 0 Å². The molecular weight excluding hydrogens is 319 g/mol. The number of hydrogen-bond acceptors (Lipinski definition) is 2. The Morgan fingerprint density at radius 1 is 1.18 bits per heavy atom. The summed E-state index contributed by atoms with van der Waals surface area (Å²) in [6.45, 7) is 2.99. The molecule has 1 aromatic rings. The van der Waals surface area contributed by atoms with E-state index in [1.165, 1.54) is 19.4 Å². The van der Waals surface area contributed by atoms with Gasteiger partial charge in [-0.05, 0) is 55.8 Å². The lowest BCUT2D eigenvalue weighted by Gasteiger charge is -2.35. The van der Waals surface area contributed by atoms with E-state index >= 15 is 0 Å². The topological polar surface area (TPSA) is 32.3 Å². The van der Waals surface area contributed by atoms with E-state index < -0.39 is 0 Å². The maximum atomic E-state index is 12.4. The highest BCUT2D eigenvalue weighted by molar-refractivity contribution is 6.30. The highest BCUT2D eigenvalue weighted by atomic mass is 35.5. The maximum absolute atomic E-state index is 12.4. The first-order chi connectivity index (χ1) is 10.2. The van der Waals surface area contributed by atoms with E-state index in [0.717, 1.165) is 42.4 Å². The summed E-state index contributed by atoms with van der Waals surface area (Å²) in [5.41, 5.74) is 1.05. The number of amides is 1. The summed E-state index contributed by atoms with van der Waals surface area (Å²) in [5.74, 6) is 1.00. The molecule has 1 amide bonds. The zero-order chi connectivity index (χ0) is 14.7. The van der Waals surface area contributed by atoms with Gasteiger partial charge in [0, 0.05) is 24.2 Å². The second-order valence-electron chi connectivity index (χ2n) is 6.22. The third-order valence-electron chi connectivity index (χ3n) is 4.83. The second kappa shape index (κ2) is 8.19. The molecule has 0 radical (unpaired) electrons. The van der Waals surface area contributed by atoms with Crippen molar-refractivity contribution in [1.82, 2.24) is 10.2 Å². The van der Waals surface area contributed by atoms with E-state index in [-0.39, 0.29) is 18.3 Å². The number of nitrogens with zero attached hydrogens (tertiary/aromatic N) is 1. The SMILES string of the molecule is Cl.O=C(Cc1ccc(Cl)cc1)N1CCC(C2CCCN2)CC1. The van der Waals surface area contributed by atoms with Crippen molar-refractivity contribution in [3.63, 3.8) is 0 Å². The van der Waals surface area contributed by atoms with Crippen LogP contribution in [0.5, 0.6) is 0 Å². The van der Waals surface area contributed by atoms with Crippen LogP contribution in [0.1, 0.15) is 31.2 Å². The van der Waals surface area contributed by atoms with Gasteiger partial charge in [0.2, 0.25) is 5.91 Å². The van der Waals surface area contributed by atoms with Gasteiger partial charge in [-0.1, -0.05) is 23.7 Å². The fraction of sp³-hybridized carbons (Fsp3) is 0.588. The van der Waals surface area contributed by atoms with Crippen LogP contribution < -0.4 is 5.32 Å². The number of rotatable bonds is 3. The molecule has 2 fully saturated rings. The van der Waals surface area contributed by atoms with Gasteiger partial charge in [0.15, 0.2) is 0 Å². The number of likely N-dealkylation sites (tertiary alicyclic amines) is 1. The Hall–Kier alpha value is -0.770. The Balaban J connectivity index is 0.00000176. The van der Waals surface area contributed by atoms with Gasteiger partial charge < -0.3 is 10.2 Å². The van der Waals surface area contributed by atoms with Crippen molar-refractivity contribution in [1.29, 1.82) is 0 Å². The van der Waals surface area contributed by atoms with Crippen LogP contribution in [0.4, 0.5) is 0 Å². The van der Waals surface area contributed by atoms with E-state index in [2.05, 4.69) is 5.32 Å². The molecule has 1 atom stereocenters. The van der Waals surface area contributed by atoms with Crippen LogP contribution in [-0.2, 0) is 11.2 Å². The third-order valence-corrected chi connectivity index (χ3v) is 5.08. The van der Waals surface area contributed by atoms with Crippen molar-refractivity contribution in [2.45, 2.75) is 38.1 Å². The molecule has 0 spiro atoms. The van der Waals surface area contributed by atoms with Crippen molar-refractivity contribution < 1.29 is 4.79 Å². The highest BCUT2D eigenvalue weighted by Crippen LogP contribution is 2.26. The van der Waals surface area contributed by atoms with Crippen LogP contribution in [-0.4, -0.2) is 36.5 Å². The highest BCUT2D eigenvalue weighted by Gasteiger charge is 2.29. The summed E-state index contributed by atoms with van der Waals surface area (Å²) in [6, 6.07) is 8.27. The first-order valence-electron chi connectivity index (χ1n) is 7.98. The monoisotopic (exact) mass is 342 g/mol. The zero-order valence-electron chi connectivity index (χ0n) is 12.8. The quantitative estimate of drug-likeness (QED) is 0.913. The Kier molecular flexibility index (Phi) is 6.54. The van der Waals surface area contributed by atoms with Gasteiger partial charge in [0.05, 0.1) is 6.42 Å². The van der Waals surface area contributed by atoms with E-state index in [1.54, 1.807) is 0 Å². The van der Waals surface area contributed by atoms with E-state index in [4.69, 9.17) is 11.6 Å². The minimum absolute atomic E-state index is 0. The molecule has 122 valence electrons. The normalized spacial score (nSPS) is 22.4. The molecule has 2 aliphatic heterocycles. The Bertz CT molecular complexity index is 478. The van der Waals surface area contributed by atoms with Gasteiger partial charge in [-0.3, -0.25) is 4.79 Å². The molecule has 0 bridgehead atoms. The summed E-state index contributed by atoms with van der Waals surface area (Å²) in [4.78, 5) is 14.4. The van der Waals surface area contributed by atoms with Crippen molar-refractivity contribution in [3.05, 3.63) is 34.9 Å². The van der Waals surface area contributed by atoms with Crippen LogP contribution in [0.2, 0.25) is 5.02 Å². The van der Waals surface area contributed by atoms with Crippen molar-refractivity contribution in [2.24, 2.45) is 5.92 Å². The van der Waals surface area contributed by atoms with Crippen molar-refractivity contribution in [2.75, 3.05) is 19.6 Å². The number of piperidine rings is 1. The smallest absolute Gasteiger partial charge is 0.226 e. The van der Waals surface area contributed by atoms with Gasteiger partial charge in [0.25, 0.3) is 0 Å². The summed E-state index contributed by atoms with van der Waals surface area (Å²) in [6.07, 6.45) is 5.39. The van der Waals surface area contributed by atoms with Gasteiger partial charge in [-0.15, -0.1) is 12.4 Å². The predicted octanol–water partition coefficient (Wildman–Crippen LogP) is 3.29. The average Bonchev–Trinajstić information content (AvgIpc) is 3.04. The fourth-order valence-electron chi connectivity index (χ4n) is 3.55. The summed E-state index contributed by atoms with van der Waals surface area (Å²) >= 11 is 5.87. The molecule has 1 aromatic carbocycles. The second-order valence-corrected chi connectivity index (χ2v) is 6.66. The summed E-state index contributed by atoms with van der Waals surface area (Å²) in [5, 5.41) is 4.32. The minimum atomic E-state index is 0. The number of nitrogens with one attached hydrogen (secondary N) is 1. The van der Waals surface area contributed by atoms with Gasteiger partial charge in [0.1, 0.15) is 0 Å². The van der Waals surface area contributed by atoms with E-state index in [0.29, 0.717) is 12.5 Å². The van der Waals surface area contributed by atoms with E-state index in [1.807, 2.05) is 29.2 Å². The molecule has 3 nitrogen and oxygen atoms in total. The van der Waals surface area contributed by atoms with Crippen molar-refractivity contribution >= 4 is 29.9 Å². The Labute approximate surface area is 143 Å². The summed E-state index contributed by atoms with van der Waals surface area (Å²) < 4.78 is 0. The molecular formula is C17H24Cl2N2O. The standard InChI is InChI=1S/C17H23ClN2O.ClH/c18-15-5-3-13(4-6-15)12-17(21)20-10-7-14(8-11-20)16-2-1-9-19-16;/h3-6,14,16,19H,1-2,7-12H2;1H. The molecule has 3 rings (SSSR count). The van der Waals surface area contributed by atoms with E-state index in [9.17, 15) is 4.79 Å². The van der Waals surface area contributed by atoms with Gasteiger partial charge in [-0.25, -0.2) is 0 Å². The molecule has 5 heteroatoms. The molecule has 0 aliphatic carbocycles. The Morgan fingerprint density at radius 3 is 2.45 bits per heavy atom. The molecule has 1 unspecified atom stereocenters. The number of hydrogen-bond donors (Lipinski definition) is 1. The lowest BCUT2D eigenvalue weighted by Crippen LogP contribution is -2.43. The molecule has 0 aromatic heterocycles. The van der Waals surface area contributed by atoms with Crippen molar-refractivity contribution in [3.8, 4) is 0 Å². The fourth-order valence-corrected chi connectivity index (χ4v) is 3.68. The summed E-state index contributed by atoms with van der Waals surface area (Å²) in [7, 11) is 0. The first kappa shape index (κ1) is 17.6. The number of carbonyl (C=O) groups is 1. The molecule has 2 saturated heterocycles. The molecule has 2 heterocycles. The average molecular weight is 343 g/mol. The van der Waals surface area contributed by atoms with Crippen LogP contribution >= 0.6 is 24.0 Å².